The summed E-state index contributed by atoms with van der Waals surface area (Å²) >= 11 is 0. The third-order valence-electron chi connectivity index (χ3n) is 3.97. The van der Waals surface area contributed by atoms with Crippen LogP contribution in [0.4, 0.5) is 8.78 Å². The zero-order valence-corrected chi connectivity index (χ0v) is 10.2. The predicted octanol–water partition coefficient (Wildman–Crippen LogP) is 1.62. The molecule has 3 atom stereocenters. The summed E-state index contributed by atoms with van der Waals surface area (Å²) in [5.74, 6) is -3.02. The lowest BCUT2D eigenvalue weighted by Crippen LogP contribution is -2.40. The van der Waals surface area contributed by atoms with Gasteiger partial charge in [-0.05, 0) is 18.8 Å². The average molecular weight is 246 g/mol. The fourth-order valence-corrected chi connectivity index (χ4v) is 2.81. The number of nitrogens with two attached hydrogens (primary N) is 1. The number of nitrogens with zero attached hydrogens (tertiary/aromatic N) is 1. The van der Waals surface area contributed by atoms with Crippen LogP contribution < -0.4 is 5.73 Å². The molecule has 3 nitrogen and oxygen atoms in total. The van der Waals surface area contributed by atoms with Crippen LogP contribution in [-0.2, 0) is 4.79 Å². The summed E-state index contributed by atoms with van der Waals surface area (Å²) in [6.45, 7) is 3.12. The topological polar surface area (TPSA) is 46.3 Å². The van der Waals surface area contributed by atoms with Crippen molar-refractivity contribution in [3.8, 4) is 0 Å². The Hall–Kier alpha value is -0.710. The SMILES string of the molecule is CC1CN(C(=O)C2CCCC(F)(F)C2)CC1N. The molecule has 0 aromatic carbocycles. The molecule has 0 aromatic rings. The highest BCUT2D eigenvalue weighted by Crippen LogP contribution is 2.37. The second kappa shape index (κ2) is 4.52. The summed E-state index contributed by atoms with van der Waals surface area (Å²) in [6.07, 6.45) is 0.673. The molecule has 1 heterocycles. The third kappa shape index (κ3) is 2.76. The van der Waals surface area contributed by atoms with Crippen LogP contribution in [0.2, 0.25) is 0 Å². The van der Waals surface area contributed by atoms with Crippen molar-refractivity contribution >= 4 is 5.91 Å². The van der Waals surface area contributed by atoms with Gasteiger partial charge in [-0.15, -0.1) is 0 Å². The number of hydrogen-bond acceptors (Lipinski definition) is 2. The maximum absolute atomic E-state index is 13.3. The fourth-order valence-electron chi connectivity index (χ4n) is 2.81. The molecule has 3 unspecified atom stereocenters. The van der Waals surface area contributed by atoms with E-state index in [0.717, 1.165) is 0 Å². The quantitative estimate of drug-likeness (QED) is 0.764. The van der Waals surface area contributed by atoms with E-state index in [1.54, 1.807) is 4.90 Å². The largest absolute Gasteiger partial charge is 0.341 e. The first-order valence-corrected chi connectivity index (χ1v) is 6.31. The van der Waals surface area contributed by atoms with Gasteiger partial charge in [0.25, 0.3) is 0 Å². The Balaban J connectivity index is 1.96. The third-order valence-corrected chi connectivity index (χ3v) is 3.97. The van der Waals surface area contributed by atoms with Gasteiger partial charge in [0.2, 0.25) is 11.8 Å². The van der Waals surface area contributed by atoms with E-state index in [9.17, 15) is 13.6 Å². The number of carbonyl (C=O) groups is 1. The lowest BCUT2D eigenvalue weighted by atomic mass is 9.85. The van der Waals surface area contributed by atoms with Crippen LogP contribution in [0.15, 0.2) is 0 Å². The number of alkyl halides is 2. The Morgan fingerprint density at radius 3 is 2.65 bits per heavy atom. The second-order valence-corrected chi connectivity index (χ2v) is 5.53. The molecule has 1 saturated carbocycles. The summed E-state index contributed by atoms with van der Waals surface area (Å²) in [4.78, 5) is 13.8. The Morgan fingerprint density at radius 2 is 2.12 bits per heavy atom. The van der Waals surface area contributed by atoms with Gasteiger partial charge in [0.15, 0.2) is 0 Å². The standard InChI is InChI=1S/C12H20F2N2O/c1-8-6-16(7-10(8)15)11(17)9-3-2-4-12(13,14)5-9/h8-10H,2-7,15H2,1H3. The molecule has 0 aromatic heterocycles. The van der Waals surface area contributed by atoms with Crippen molar-refractivity contribution in [3.63, 3.8) is 0 Å². The maximum atomic E-state index is 13.3. The number of likely N-dealkylation sites (tertiary alicyclic amines) is 1. The zero-order chi connectivity index (χ0) is 12.6. The van der Waals surface area contributed by atoms with Gasteiger partial charge in [-0.25, -0.2) is 8.78 Å². The van der Waals surface area contributed by atoms with E-state index >= 15 is 0 Å². The van der Waals surface area contributed by atoms with Crippen LogP contribution in [-0.4, -0.2) is 35.9 Å². The van der Waals surface area contributed by atoms with Gasteiger partial charge < -0.3 is 10.6 Å². The molecular formula is C12H20F2N2O. The summed E-state index contributed by atoms with van der Waals surface area (Å²) in [7, 11) is 0. The van der Waals surface area contributed by atoms with Gasteiger partial charge in [-0.3, -0.25) is 4.79 Å². The van der Waals surface area contributed by atoms with Crippen molar-refractivity contribution in [1.29, 1.82) is 0 Å². The number of carbonyl (C=O) groups excluding carboxylic acids is 1. The van der Waals surface area contributed by atoms with Crippen LogP contribution >= 0.6 is 0 Å². The maximum Gasteiger partial charge on any atom is 0.248 e. The van der Waals surface area contributed by atoms with Crippen molar-refractivity contribution in [3.05, 3.63) is 0 Å². The van der Waals surface area contributed by atoms with Crippen LogP contribution in [0.5, 0.6) is 0 Å². The van der Waals surface area contributed by atoms with Crippen LogP contribution in [0.1, 0.15) is 32.6 Å². The zero-order valence-electron chi connectivity index (χ0n) is 10.2. The average Bonchev–Trinajstić information content (AvgIpc) is 2.57. The van der Waals surface area contributed by atoms with E-state index in [4.69, 9.17) is 5.73 Å². The Labute approximate surface area is 100 Å². The Bertz CT molecular complexity index is 299. The minimum Gasteiger partial charge on any atom is -0.341 e. The minimum absolute atomic E-state index is 0.0111. The van der Waals surface area contributed by atoms with Crippen LogP contribution in [0.3, 0.4) is 0 Å². The molecule has 1 amide bonds. The van der Waals surface area contributed by atoms with Gasteiger partial charge in [0.1, 0.15) is 0 Å². The molecule has 17 heavy (non-hydrogen) atoms. The Kier molecular flexibility index (Phi) is 3.39. The predicted molar refractivity (Wildman–Crippen MR) is 60.6 cm³/mol. The molecular weight excluding hydrogens is 226 g/mol. The number of halogens is 2. The molecule has 1 saturated heterocycles. The molecule has 0 radical (unpaired) electrons. The van der Waals surface area contributed by atoms with Crippen molar-refractivity contribution in [2.45, 2.75) is 44.6 Å². The monoisotopic (exact) mass is 246 g/mol. The normalized spacial score (nSPS) is 37.2. The summed E-state index contributed by atoms with van der Waals surface area (Å²) < 4.78 is 26.5. The molecule has 5 heteroatoms. The first-order valence-electron chi connectivity index (χ1n) is 6.31. The molecule has 2 aliphatic rings. The highest BCUT2D eigenvalue weighted by atomic mass is 19.3. The van der Waals surface area contributed by atoms with Crippen LogP contribution in [0.25, 0.3) is 0 Å². The van der Waals surface area contributed by atoms with Crippen molar-refractivity contribution in [1.82, 2.24) is 4.90 Å². The number of amides is 1. The van der Waals surface area contributed by atoms with Gasteiger partial charge in [-0.2, -0.15) is 0 Å². The van der Waals surface area contributed by atoms with Gasteiger partial charge in [-0.1, -0.05) is 6.92 Å². The lowest BCUT2D eigenvalue weighted by molar-refractivity contribution is -0.141. The number of hydrogen-bond donors (Lipinski definition) is 1. The summed E-state index contributed by atoms with van der Waals surface area (Å²) in [6, 6.07) is -0.0111. The van der Waals surface area contributed by atoms with Gasteiger partial charge >= 0.3 is 0 Å². The molecule has 0 spiro atoms. The summed E-state index contributed by atoms with van der Waals surface area (Å²) in [5.41, 5.74) is 5.85. The van der Waals surface area contributed by atoms with Crippen LogP contribution in [0, 0.1) is 11.8 Å². The molecule has 1 aliphatic heterocycles. The van der Waals surface area contributed by atoms with E-state index in [2.05, 4.69) is 0 Å². The Morgan fingerprint density at radius 1 is 1.41 bits per heavy atom. The van der Waals surface area contributed by atoms with Crippen molar-refractivity contribution in [2.75, 3.05) is 13.1 Å². The van der Waals surface area contributed by atoms with Gasteiger partial charge in [0.05, 0.1) is 0 Å². The molecule has 2 rings (SSSR count). The second-order valence-electron chi connectivity index (χ2n) is 5.53. The molecule has 2 fully saturated rings. The number of rotatable bonds is 1. The van der Waals surface area contributed by atoms with Gasteiger partial charge in [0, 0.05) is 37.9 Å². The first kappa shape index (κ1) is 12.7. The van der Waals surface area contributed by atoms with E-state index < -0.39 is 11.8 Å². The molecule has 0 bridgehead atoms. The molecule has 2 N–H and O–H groups in total. The summed E-state index contributed by atoms with van der Waals surface area (Å²) in [5, 5.41) is 0. The highest BCUT2D eigenvalue weighted by Gasteiger charge is 2.42. The molecule has 98 valence electrons. The smallest absolute Gasteiger partial charge is 0.248 e. The highest BCUT2D eigenvalue weighted by molar-refractivity contribution is 5.79. The molecule has 1 aliphatic carbocycles. The fraction of sp³-hybridized carbons (Fsp3) is 0.917. The van der Waals surface area contributed by atoms with E-state index in [0.29, 0.717) is 25.9 Å². The van der Waals surface area contributed by atoms with E-state index in [-0.39, 0.29) is 30.7 Å². The van der Waals surface area contributed by atoms with E-state index in [1.165, 1.54) is 0 Å². The first-order chi connectivity index (χ1) is 7.89. The lowest BCUT2D eigenvalue weighted by Gasteiger charge is -2.30. The van der Waals surface area contributed by atoms with Crippen molar-refractivity contribution < 1.29 is 13.6 Å². The van der Waals surface area contributed by atoms with Crippen molar-refractivity contribution in [2.24, 2.45) is 17.6 Å². The van der Waals surface area contributed by atoms with E-state index in [1.807, 2.05) is 6.92 Å². The minimum atomic E-state index is -2.66.